The number of nitrogens with zero attached hydrogens (tertiary/aromatic N) is 2. The molecule has 0 aromatic heterocycles. The molecule has 30 heavy (non-hydrogen) atoms. The summed E-state index contributed by atoms with van der Waals surface area (Å²) >= 11 is 0. The second-order valence-electron chi connectivity index (χ2n) is 8.68. The van der Waals surface area contributed by atoms with Crippen LogP contribution in [0.25, 0.3) is 0 Å². The molecule has 1 aliphatic rings. The Bertz CT molecular complexity index is 887. The van der Waals surface area contributed by atoms with Crippen LogP contribution >= 0.6 is 0 Å². The minimum absolute atomic E-state index is 0.0285. The lowest BCUT2D eigenvalue weighted by atomic mass is 9.88. The second-order valence-corrected chi connectivity index (χ2v) is 8.68. The summed E-state index contributed by atoms with van der Waals surface area (Å²) in [6.07, 6.45) is 0. The Balaban J connectivity index is 1.81. The minimum atomic E-state index is -0.860. The number of benzene rings is 2. The quantitative estimate of drug-likeness (QED) is 0.643. The summed E-state index contributed by atoms with van der Waals surface area (Å²) in [5.74, 6) is -1.44. The van der Waals surface area contributed by atoms with Gasteiger partial charge in [0.1, 0.15) is 5.82 Å². The smallest absolute Gasteiger partial charge is 0.219 e. The first-order valence-electron chi connectivity index (χ1n) is 10.4. The first-order chi connectivity index (χ1) is 14.2. The van der Waals surface area contributed by atoms with Crippen molar-refractivity contribution in [2.45, 2.75) is 33.2 Å². The van der Waals surface area contributed by atoms with Crippen molar-refractivity contribution in [3.05, 3.63) is 71.0 Å². The molecule has 0 aliphatic carbocycles. The Hall–Kier alpha value is -2.34. The van der Waals surface area contributed by atoms with Crippen LogP contribution in [-0.4, -0.2) is 41.9 Å². The van der Waals surface area contributed by atoms with Crippen LogP contribution in [0.1, 0.15) is 37.8 Å². The maximum atomic E-state index is 13.9. The van der Waals surface area contributed by atoms with Crippen molar-refractivity contribution in [3.63, 3.8) is 0 Å². The van der Waals surface area contributed by atoms with Crippen LogP contribution in [0, 0.1) is 29.3 Å². The molecule has 162 valence electrons. The fourth-order valence-corrected chi connectivity index (χ4v) is 4.34. The molecule has 1 saturated heterocycles. The van der Waals surface area contributed by atoms with Gasteiger partial charge in [0.05, 0.1) is 0 Å². The molecule has 3 nitrogen and oxygen atoms in total. The third kappa shape index (κ3) is 5.63. The zero-order chi connectivity index (χ0) is 21.8. The number of carbonyl (C=O) groups is 1. The van der Waals surface area contributed by atoms with Crippen LogP contribution in [0.5, 0.6) is 0 Å². The molecule has 2 aromatic carbocycles. The highest BCUT2D eigenvalue weighted by Crippen LogP contribution is 2.34. The lowest BCUT2D eigenvalue weighted by Crippen LogP contribution is -2.38. The number of rotatable bonds is 7. The second kappa shape index (κ2) is 9.65. The molecule has 2 unspecified atom stereocenters. The number of amides is 1. The lowest BCUT2D eigenvalue weighted by Gasteiger charge is -2.29. The van der Waals surface area contributed by atoms with Gasteiger partial charge in [-0.3, -0.25) is 9.69 Å². The third-order valence-electron chi connectivity index (χ3n) is 5.67. The van der Waals surface area contributed by atoms with Crippen LogP contribution in [-0.2, 0) is 11.3 Å². The predicted octanol–water partition coefficient (Wildman–Crippen LogP) is 4.82. The predicted molar refractivity (Wildman–Crippen MR) is 111 cm³/mol. The molecule has 1 heterocycles. The highest BCUT2D eigenvalue weighted by Gasteiger charge is 2.35. The maximum absolute atomic E-state index is 13.9. The van der Waals surface area contributed by atoms with E-state index in [0.717, 1.165) is 11.6 Å². The Kier molecular flexibility index (Phi) is 7.19. The van der Waals surface area contributed by atoms with Crippen molar-refractivity contribution < 1.29 is 18.0 Å². The SMILES string of the molecule is CC(=O)N(CC(C)C)CC1CN(Cc2ccc(F)c(F)c2)CC1c1cccc(F)c1. The molecule has 0 N–H and O–H groups in total. The molecular formula is C24H29F3N2O. The van der Waals surface area contributed by atoms with E-state index in [2.05, 4.69) is 18.7 Å². The fraction of sp³-hybridized carbons (Fsp3) is 0.458. The van der Waals surface area contributed by atoms with Gasteiger partial charge in [0.15, 0.2) is 11.6 Å². The number of likely N-dealkylation sites (tertiary alicyclic amines) is 1. The molecule has 0 spiro atoms. The van der Waals surface area contributed by atoms with Gasteiger partial charge in [0, 0.05) is 45.6 Å². The van der Waals surface area contributed by atoms with Gasteiger partial charge in [-0.15, -0.1) is 0 Å². The van der Waals surface area contributed by atoms with E-state index >= 15 is 0 Å². The standard InChI is InChI=1S/C24H29F3N2O/c1-16(2)11-29(17(3)30)14-20-13-28(12-18-7-8-23(26)24(27)9-18)15-22(20)19-5-4-6-21(25)10-19/h4-10,16,20,22H,11-15H2,1-3H3. The van der Waals surface area contributed by atoms with E-state index in [4.69, 9.17) is 0 Å². The monoisotopic (exact) mass is 418 g/mol. The lowest BCUT2D eigenvalue weighted by molar-refractivity contribution is -0.130. The van der Waals surface area contributed by atoms with Crippen LogP contribution in [0.2, 0.25) is 0 Å². The summed E-state index contributed by atoms with van der Waals surface area (Å²) < 4.78 is 40.8. The number of carbonyl (C=O) groups excluding carboxylic acids is 1. The first kappa shape index (κ1) is 22.3. The highest BCUT2D eigenvalue weighted by atomic mass is 19.2. The van der Waals surface area contributed by atoms with Gasteiger partial charge in [0.25, 0.3) is 0 Å². The van der Waals surface area contributed by atoms with Crippen molar-refractivity contribution >= 4 is 5.91 Å². The van der Waals surface area contributed by atoms with Crippen molar-refractivity contribution in [1.82, 2.24) is 9.80 Å². The van der Waals surface area contributed by atoms with Crippen LogP contribution in [0.4, 0.5) is 13.2 Å². The van der Waals surface area contributed by atoms with Crippen molar-refractivity contribution in [1.29, 1.82) is 0 Å². The zero-order valence-electron chi connectivity index (χ0n) is 17.7. The average molecular weight is 419 g/mol. The van der Waals surface area contributed by atoms with E-state index in [9.17, 15) is 18.0 Å². The molecule has 3 rings (SSSR count). The van der Waals surface area contributed by atoms with E-state index < -0.39 is 11.6 Å². The normalized spacial score (nSPS) is 19.4. The Labute approximate surface area is 176 Å². The molecule has 0 radical (unpaired) electrons. The van der Waals surface area contributed by atoms with Gasteiger partial charge in [-0.25, -0.2) is 13.2 Å². The fourth-order valence-electron chi connectivity index (χ4n) is 4.34. The molecule has 1 fully saturated rings. The molecule has 1 amide bonds. The van der Waals surface area contributed by atoms with Gasteiger partial charge < -0.3 is 4.90 Å². The summed E-state index contributed by atoms with van der Waals surface area (Å²) in [6.45, 7) is 8.82. The molecule has 6 heteroatoms. The van der Waals surface area contributed by atoms with Crippen molar-refractivity contribution in [2.24, 2.45) is 11.8 Å². The maximum Gasteiger partial charge on any atom is 0.219 e. The molecule has 2 aromatic rings. The number of hydrogen-bond acceptors (Lipinski definition) is 2. The van der Waals surface area contributed by atoms with E-state index in [-0.39, 0.29) is 23.6 Å². The van der Waals surface area contributed by atoms with Crippen molar-refractivity contribution in [2.75, 3.05) is 26.2 Å². The largest absolute Gasteiger partial charge is 0.342 e. The van der Waals surface area contributed by atoms with Gasteiger partial charge in [0.2, 0.25) is 5.91 Å². The van der Waals surface area contributed by atoms with Crippen LogP contribution < -0.4 is 0 Å². The molecule has 0 saturated carbocycles. The molecule has 0 bridgehead atoms. The summed E-state index contributed by atoms with van der Waals surface area (Å²) in [5, 5.41) is 0. The van der Waals surface area contributed by atoms with Gasteiger partial charge >= 0.3 is 0 Å². The average Bonchev–Trinajstić information content (AvgIpc) is 3.06. The summed E-state index contributed by atoms with van der Waals surface area (Å²) in [7, 11) is 0. The van der Waals surface area contributed by atoms with E-state index in [1.807, 2.05) is 11.0 Å². The molecule has 2 atom stereocenters. The summed E-state index contributed by atoms with van der Waals surface area (Å²) in [4.78, 5) is 16.2. The van der Waals surface area contributed by atoms with Crippen LogP contribution in [0.15, 0.2) is 42.5 Å². The Morgan fingerprint density at radius 2 is 1.87 bits per heavy atom. The molecular weight excluding hydrogens is 389 g/mol. The highest BCUT2D eigenvalue weighted by molar-refractivity contribution is 5.73. The summed E-state index contributed by atoms with van der Waals surface area (Å²) in [6, 6.07) is 10.6. The van der Waals surface area contributed by atoms with Gasteiger partial charge in [-0.1, -0.05) is 32.0 Å². The van der Waals surface area contributed by atoms with E-state index in [1.165, 1.54) is 12.1 Å². The first-order valence-corrected chi connectivity index (χ1v) is 10.4. The minimum Gasteiger partial charge on any atom is -0.342 e. The van der Waals surface area contributed by atoms with Crippen LogP contribution in [0.3, 0.4) is 0 Å². The molecule has 1 aliphatic heterocycles. The number of halogens is 3. The van der Waals surface area contributed by atoms with E-state index in [1.54, 1.807) is 25.1 Å². The van der Waals surface area contributed by atoms with E-state index in [0.29, 0.717) is 44.2 Å². The van der Waals surface area contributed by atoms with Gasteiger partial charge in [-0.05, 0) is 47.2 Å². The third-order valence-corrected chi connectivity index (χ3v) is 5.67. The van der Waals surface area contributed by atoms with Crippen molar-refractivity contribution in [3.8, 4) is 0 Å². The Morgan fingerprint density at radius 1 is 1.10 bits per heavy atom. The zero-order valence-corrected chi connectivity index (χ0v) is 17.7. The Morgan fingerprint density at radius 3 is 2.50 bits per heavy atom. The summed E-state index contributed by atoms with van der Waals surface area (Å²) in [5.41, 5.74) is 1.60. The topological polar surface area (TPSA) is 23.6 Å². The number of hydrogen-bond donors (Lipinski definition) is 0. The van der Waals surface area contributed by atoms with Gasteiger partial charge in [-0.2, -0.15) is 0 Å².